The number of para-hydroxylation sites is 1. The van der Waals surface area contributed by atoms with Crippen molar-refractivity contribution in [2.45, 2.75) is 13.8 Å². The van der Waals surface area contributed by atoms with Gasteiger partial charge in [0.25, 0.3) is 5.91 Å². The monoisotopic (exact) mass is 339 g/mol. The maximum atomic E-state index is 12.8. The van der Waals surface area contributed by atoms with Gasteiger partial charge in [0.05, 0.1) is 16.1 Å². The average molecular weight is 339 g/mol. The van der Waals surface area contributed by atoms with Crippen LogP contribution in [0, 0.1) is 13.8 Å². The van der Waals surface area contributed by atoms with Crippen molar-refractivity contribution < 1.29 is 14.7 Å². The molecule has 3 aromatic rings. The molecular formula is C19H17NO3S. The van der Waals surface area contributed by atoms with Gasteiger partial charge in [0.2, 0.25) is 0 Å². The molecule has 0 fully saturated rings. The minimum absolute atomic E-state index is 0.112. The smallest absolute Gasteiger partial charge is 0.337 e. The van der Waals surface area contributed by atoms with Crippen LogP contribution in [0.3, 0.4) is 0 Å². The summed E-state index contributed by atoms with van der Waals surface area (Å²) in [4.78, 5) is 26.2. The summed E-state index contributed by atoms with van der Waals surface area (Å²) in [5, 5.41) is 10.3. The zero-order valence-corrected chi connectivity index (χ0v) is 14.5. The van der Waals surface area contributed by atoms with Gasteiger partial charge in [0, 0.05) is 11.7 Å². The molecule has 0 aliphatic heterocycles. The maximum absolute atomic E-state index is 12.8. The lowest BCUT2D eigenvalue weighted by Gasteiger charge is -2.18. The van der Waals surface area contributed by atoms with E-state index in [2.05, 4.69) is 12.1 Å². The van der Waals surface area contributed by atoms with Crippen molar-refractivity contribution in [2.75, 3.05) is 11.9 Å². The van der Waals surface area contributed by atoms with Gasteiger partial charge >= 0.3 is 5.97 Å². The van der Waals surface area contributed by atoms with E-state index in [1.54, 1.807) is 25.2 Å². The van der Waals surface area contributed by atoms with Gasteiger partial charge in [-0.05, 0) is 54.6 Å². The molecule has 0 saturated carbocycles. The van der Waals surface area contributed by atoms with Crippen LogP contribution in [-0.2, 0) is 0 Å². The zero-order chi connectivity index (χ0) is 17.4. The highest BCUT2D eigenvalue weighted by atomic mass is 32.1. The van der Waals surface area contributed by atoms with Gasteiger partial charge in [0.15, 0.2) is 0 Å². The Balaban J connectivity index is 2.01. The van der Waals surface area contributed by atoms with E-state index in [0.717, 1.165) is 10.1 Å². The second kappa shape index (κ2) is 6.09. The fourth-order valence-corrected chi connectivity index (χ4v) is 3.75. The second-order valence-corrected chi connectivity index (χ2v) is 6.86. The first-order chi connectivity index (χ1) is 11.4. The highest BCUT2D eigenvalue weighted by Gasteiger charge is 2.21. The van der Waals surface area contributed by atoms with Crippen LogP contribution in [0.4, 0.5) is 5.69 Å². The molecule has 0 aliphatic rings. The van der Waals surface area contributed by atoms with Crippen molar-refractivity contribution in [3.63, 3.8) is 0 Å². The number of aryl methyl sites for hydroxylation is 2. The lowest BCUT2D eigenvalue weighted by Crippen LogP contribution is -2.27. The normalized spacial score (nSPS) is 10.8. The minimum atomic E-state index is -1.05. The molecule has 0 atom stereocenters. The summed E-state index contributed by atoms with van der Waals surface area (Å²) in [6.45, 7) is 4.09. The fourth-order valence-electron chi connectivity index (χ4n) is 2.63. The Bertz CT molecular complexity index is 919. The number of carboxylic acid groups (broad SMARTS) is 1. The quantitative estimate of drug-likeness (QED) is 0.765. The molecule has 0 aliphatic carbocycles. The summed E-state index contributed by atoms with van der Waals surface area (Å²) < 4.78 is 1.06. The predicted octanol–water partition coefficient (Wildman–Crippen LogP) is 4.49. The number of benzene rings is 2. The SMILES string of the molecule is Cc1cc2cc(C(=O)N(C)c3ccccc3C(=O)O)sc2cc1C. The van der Waals surface area contributed by atoms with Crippen molar-refractivity contribution in [2.24, 2.45) is 0 Å². The van der Waals surface area contributed by atoms with E-state index in [0.29, 0.717) is 10.6 Å². The van der Waals surface area contributed by atoms with Crippen LogP contribution in [0.25, 0.3) is 10.1 Å². The first-order valence-electron chi connectivity index (χ1n) is 7.49. The lowest BCUT2D eigenvalue weighted by atomic mass is 10.1. The first kappa shape index (κ1) is 16.2. The third-order valence-electron chi connectivity index (χ3n) is 4.14. The van der Waals surface area contributed by atoms with E-state index in [9.17, 15) is 14.7 Å². The van der Waals surface area contributed by atoms with Gasteiger partial charge in [0.1, 0.15) is 0 Å². The Morgan fingerprint density at radius 3 is 2.42 bits per heavy atom. The Hall–Kier alpha value is -2.66. The molecule has 1 heterocycles. The Morgan fingerprint density at radius 2 is 1.71 bits per heavy atom. The number of hydrogen-bond acceptors (Lipinski definition) is 3. The Labute approximate surface area is 144 Å². The highest BCUT2D eigenvalue weighted by Crippen LogP contribution is 2.30. The lowest BCUT2D eigenvalue weighted by molar-refractivity contribution is 0.0697. The van der Waals surface area contributed by atoms with Crippen molar-refractivity contribution in [1.29, 1.82) is 0 Å². The maximum Gasteiger partial charge on any atom is 0.337 e. The average Bonchev–Trinajstić information content (AvgIpc) is 2.96. The summed E-state index contributed by atoms with van der Waals surface area (Å²) in [6.07, 6.45) is 0. The van der Waals surface area contributed by atoms with Gasteiger partial charge in [-0.25, -0.2) is 4.79 Å². The molecular weight excluding hydrogens is 322 g/mol. The molecule has 1 amide bonds. The molecule has 1 N–H and O–H groups in total. The molecule has 4 nitrogen and oxygen atoms in total. The molecule has 3 rings (SSSR count). The van der Waals surface area contributed by atoms with E-state index < -0.39 is 5.97 Å². The zero-order valence-electron chi connectivity index (χ0n) is 13.7. The highest BCUT2D eigenvalue weighted by molar-refractivity contribution is 7.20. The second-order valence-electron chi connectivity index (χ2n) is 5.77. The van der Waals surface area contributed by atoms with Gasteiger partial charge in [-0.15, -0.1) is 11.3 Å². The fraction of sp³-hybridized carbons (Fsp3) is 0.158. The van der Waals surface area contributed by atoms with E-state index in [-0.39, 0.29) is 11.5 Å². The van der Waals surface area contributed by atoms with Crippen LogP contribution < -0.4 is 4.90 Å². The molecule has 5 heteroatoms. The molecule has 122 valence electrons. The molecule has 0 unspecified atom stereocenters. The third-order valence-corrected chi connectivity index (χ3v) is 5.23. The van der Waals surface area contributed by atoms with Crippen molar-refractivity contribution in [1.82, 2.24) is 0 Å². The van der Waals surface area contributed by atoms with E-state index >= 15 is 0 Å². The molecule has 2 aromatic carbocycles. The number of carbonyl (C=O) groups excluding carboxylic acids is 1. The predicted molar refractivity (Wildman–Crippen MR) is 97.4 cm³/mol. The summed E-state index contributed by atoms with van der Waals surface area (Å²) in [5.41, 5.74) is 2.87. The van der Waals surface area contributed by atoms with E-state index in [4.69, 9.17) is 0 Å². The summed E-state index contributed by atoms with van der Waals surface area (Å²) in [5.74, 6) is -1.26. The molecule has 1 aromatic heterocycles. The number of thiophene rings is 1. The molecule has 0 spiro atoms. The summed E-state index contributed by atoms with van der Waals surface area (Å²) in [6, 6.07) is 12.5. The topological polar surface area (TPSA) is 57.6 Å². The van der Waals surface area contributed by atoms with Crippen LogP contribution in [-0.4, -0.2) is 24.0 Å². The number of rotatable bonds is 3. The number of aromatic carboxylic acids is 1. The van der Waals surface area contributed by atoms with Crippen LogP contribution in [0.1, 0.15) is 31.2 Å². The van der Waals surface area contributed by atoms with E-state index in [1.807, 2.05) is 19.9 Å². The number of anilines is 1. The first-order valence-corrected chi connectivity index (χ1v) is 8.31. The Kier molecular flexibility index (Phi) is 4.11. The number of carboxylic acids is 1. The molecule has 24 heavy (non-hydrogen) atoms. The largest absolute Gasteiger partial charge is 0.478 e. The molecule has 0 saturated heterocycles. The van der Waals surface area contributed by atoms with Crippen LogP contribution in [0.2, 0.25) is 0 Å². The van der Waals surface area contributed by atoms with Gasteiger partial charge in [-0.1, -0.05) is 18.2 Å². The number of hydrogen-bond donors (Lipinski definition) is 1. The van der Waals surface area contributed by atoms with Gasteiger partial charge < -0.3 is 10.0 Å². The third kappa shape index (κ3) is 2.78. The van der Waals surface area contributed by atoms with Crippen LogP contribution in [0.15, 0.2) is 42.5 Å². The number of nitrogens with zero attached hydrogens (tertiary/aromatic N) is 1. The number of fused-ring (bicyclic) bond motifs is 1. The van der Waals surface area contributed by atoms with Gasteiger partial charge in [-0.3, -0.25) is 4.79 Å². The minimum Gasteiger partial charge on any atom is -0.478 e. The van der Waals surface area contributed by atoms with Crippen LogP contribution >= 0.6 is 11.3 Å². The Morgan fingerprint density at radius 1 is 1.04 bits per heavy atom. The van der Waals surface area contributed by atoms with E-state index in [1.165, 1.54) is 33.4 Å². The summed E-state index contributed by atoms with van der Waals surface area (Å²) >= 11 is 1.43. The van der Waals surface area contributed by atoms with Crippen LogP contribution in [0.5, 0.6) is 0 Å². The standard InChI is InChI=1S/C19H17NO3S/c1-11-8-13-10-17(24-16(13)9-12(11)2)18(21)20(3)15-7-5-4-6-14(15)19(22)23/h4-10H,1-3H3,(H,22,23). The van der Waals surface area contributed by atoms with Crippen molar-refractivity contribution in [3.05, 3.63) is 64.0 Å². The van der Waals surface area contributed by atoms with Gasteiger partial charge in [-0.2, -0.15) is 0 Å². The number of amides is 1. The van der Waals surface area contributed by atoms with Crippen molar-refractivity contribution >= 4 is 39.0 Å². The number of carbonyl (C=O) groups is 2. The summed E-state index contributed by atoms with van der Waals surface area (Å²) in [7, 11) is 1.60. The van der Waals surface area contributed by atoms with Crippen molar-refractivity contribution in [3.8, 4) is 0 Å². The molecule has 0 radical (unpaired) electrons. The molecule has 0 bridgehead atoms.